The van der Waals surface area contributed by atoms with Crippen LogP contribution in [0.2, 0.25) is 0 Å². The molecular formula is C45H65N27O3. The van der Waals surface area contributed by atoms with E-state index in [0.717, 1.165) is 54.2 Å². The van der Waals surface area contributed by atoms with E-state index in [4.69, 9.17) is 0 Å². The van der Waals surface area contributed by atoms with Crippen molar-refractivity contribution >= 4 is 0 Å². The summed E-state index contributed by atoms with van der Waals surface area (Å²) >= 11 is 0. The molecule has 0 amide bonds. The van der Waals surface area contributed by atoms with Crippen LogP contribution in [0.25, 0.3) is 0 Å². The van der Waals surface area contributed by atoms with Crippen LogP contribution in [0.1, 0.15) is 85.9 Å². The predicted octanol–water partition coefficient (Wildman–Crippen LogP) is -0.859. The molecule has 0 bridgehead atoms. The maximum Gasteiger partial charge on any atom is 0.0887 e. The van der Waals surface area contributed by atoms with Crippen LogP contribution in [0, 0.1) is 16.2 Å². The summed E-state index contributed by atoms with van der Waals surface area (Å²) in [6, 6.07) is 0. The van der Waals surface area contributed by atoms with Crippen molar-refractivity contribution in [2.45, 2.75) is 138 Å². The minimum absolute atomic E-state index is 0.189. The standard InChI is InChI=1S/C45H65N27O3/c1-6-34-13-64(55-46-34)22-43(31-73,23-65-14-35(7-2)47-56-65)27-69-18-39(51-60-69)11-41-20-71(62-53-41)29-45(33-75,26-68-17-38(10-5)50-59-68)30-72-21-42(54-63-72)12-40-19-70(61-52-40)28-44(32-74,24-66-15-36(8-3)48-57-66)25-67-16-37(9-4)49-58-67/h13-21,73-75H,6-12,22-33H2,1-5H3. The lowest BCUT2D eigenvalue weighted by Gasteiger charge is -2.31. The number of hydrogen-bond donors (Lipinski definition) is 3. The molecule has 9 rings (SSSR count). The fourth-order valence-electron chi connectivity index (χ4n) is 9.24. The smallest absolute Gasteiger partial charge is 0.0887 e. The van der Waals surface area contributed by atoms with Gasteiger partial charge in [-0.25, -0.2) is 0 Å². The highest BCUT2D eigenvalue weighted by molar-refractivity contribution is 5.09. The summed E-state index contributed by atoms with van der Waals surface area (Å²) in [4.78, 5) is 0. The quantitative estimate of drug-likeness (QED) is 0.0493. The Morgan fingerprint density at radius 1 is 0.267 bits per heavy atom. The third-order valence-electron chi connectivity index (χ3n) is 13.3. The molecule has 9 aromatic rings. The minimum Gasteiger partial charge on any atom is -0.396 e. The van der Waals surface area contributed by atoms with Gasteiger partial charge in [-0.3, -0.25) is 42.1 Å². The van der Waals surface area contributed by atoms with Crippen molar-refractivity contribution in [2.75, 3.05) is 19.8 Å². The lowest BCUT2D eigenvalue weighted by Crippen LogP contribution is -2.40. The molecule has 398 valence electrons. The van der Waals surface area contributed by atoms with Gasteiger partial charge in [0, 0.05) is 68.6 Å². The van der Waals surface area contributed by atoms with E-state index in [1.165, 1.54) is 0 Å². The Bertz CT molecular complexity index is 2910. The zero-order valence-electron chi connectivity index (χ0n) is 43.0. The van der Waals surface area contributed by atoms with Crippen LogP contribution < -0.4 is 0 Å². The zero-order chi connectivity index (χ0) is 52.4. The molecule has 0 saturated carbocycles. The summed E-state index contributed by atoms with van der Waals surface area (Å²) in [5.41, 5.74) is 4.36. The predicted molar refractivity (Wildman–Crippen MR) is 261 cm³/mol. The lowest BCUT2D eigenvalue weighted by atomic mass is 9.88. The molecule has 0 unspecified atom stereocenters. The average Bonchev–Trinajstić information content (AvgIpc) is 4.26. The Morgan fingerprint density at radius 3 is 0.547 bits per heavy atom. The summed E-state index contributed by atoms with van der Waals surface area (Å²) in [5.74, 6) is 0. The fraction of sp³-hybridized carbons (Fsp3) is 0.600. The molecule has 9 heterocycles. The van der Waals surface area contributed by atoms with Crippen LogP contribution in [-0.2, 0) is 104 Å². The van der Waals surface area contributed by atoms with Crippen LogP contribution in [-0.4, -0.2) is 170 Å². The molecule has 0 atom stereocenters. The molecule has 3 N–H and O–H groups in total. The van der Waals surface area contributed by atoms with Crippen molar-refractivity contribution in [3.05, 3.63) is 107 Å². The van der Waals surface area contributed by atoms with Crippen LogP contribution in [0.15, 0.2) is 55.8 Å². The van der Waals surface area contributed by atoms with Crippen LogP contribution in [0.5, 0.6) is 0 Å². The largest absolute Gasteiger partial charge is 0.396 e. The third-order valence-corrected chi connectivity index (χ3v) is 13.3. The van der Waals surface area contributed by atoms with Crippen LogP contribution in [0.4, 0.5) is 0 Å². The van der Waals surface area contributed by atoms with E-state index < -0.39 is 16.2 Å². The summed E-state index contributed by atoms with van der Waals surface area (Å²) in [5, 5.41) is 112. The van der Waals surface area contributed by atoms with Crippen molar-refractivity contribution in [1.82, 2.24) is 135 Å². The molecule has 0 aromatic carbocycles. The number of aryl methyl sites for hydroxylation is 5. The highest BCUT2D eigenvalue weighted by Crippen LogP contribution is 2.28. The van der Waals surface area contributed by atoms with E-state index in [1.54, 1.807) is 42.1 Å². The molecule has 0 spiro atoms. The van der Waals surface area contributed by atoms with Crippen LogP contribution >= 0.6 is 0 Å². The first kappa shape index (κ1) is 52.0. The van der Waals surface area contributed by atoms with Crippen molar-refractivity contribution in [3.63, 3.8) is 0 Å². The Labute approximate surface area is 430 Å². The highest BCUT2D eigenvalue weighted by Gasteiger charge is 2.37. The van der Waals surface area contributed by atoms with Crippen molar-refractivity contribution < 1.29 is 15.3 Å². The Balaban J connectivity index is 0.884. The summed E-state index contributed by atoms with van der Waals surface area (Å²) in [7, 11) is 0. The van der Waals surface area contributed by atoms with E-state index in [9.17, 15) is 15.3 Å². The van der Waals surface area contributed by atoms with Gasteiger partial charge in [-0.1, -0.05) is 81.5 Å². The summed E-state index contributed by atoms with van der Waals surface area (Å²) < 4.78 is 15.6. The Hall–Kier alpha value is -7.86. The second-order valence-electron chi connectivity index (χ2n) is 19.8. The second-order valence-corrected chi connectivity index (χ2v) is 19.8. The maximum absolute atomic E-state index is 11.3. The van der Waals surface area contributed by atoms with Gasteiger partial charge in [0.15, 0.2) is 0 Å². The highest BCUT2D eigenvalue weighted by atomic mass is 16.3. The van der Waals surface area contributed by atoms with Gasteiger partial charge in [0.1, 0.15) is 0 Å². The molecule has 30 nitrogen and oxygen atoms in total. The number of hydrogen-bond acceptors (Lipinski definition) is 21. The molecule has 0 aliphatic rings. The van der Waals surface area contributed by atoms with Crippen molar-refractivity contribution in [3.8, 4) is 0 Å². The second kappa shape index (κ2) is 23.1. The first-order valence-corrected chi connectivity index (χ1v) is 25.3. The van der Waals surface area contributed by atoms with E-state index in [1.807, 2.05) is 90.4 Å². The lowest BCUT2D eigenvalue weighted by molar-refractivity contribution is 0.0549. The number of aromatic nitrogens is 27. The number of nitrogens with zero attached hydrogens (tertiary/aromatic N) is 27. The van der Waals surface area contributed by atoms with E-state index in [0.29, 0.717) is 81.3 Å². The number of rotatable bonds is 30. The maximum atomic E-state index is 11.3. The van der Waals surface area contributed by atoms with E-state index >= 15 is 0 Å². The molecule has 0 fully saturated rings. The molecule has 0 aliphatic heterocycles. The summed E-state index contributed by atoms with van der Waals surface area (Å²) in [6.45, 7) is 12.2. The zero-order valence-corrected chi connectivity index (χ0v) is 43.0. The van der Waals surface area contributed by atoms with Crippen molar-refractivity contribution in [1.29, 1.82) is 0 Å². The van der Waals surface area contributed by atoms with Gasteiger partial charge in [0.25, 0.3) is 0 Å². The average molecular weight is 1030 g/mol. The van der Waals surface area contributed by atoms with Gasteiger partial charge in [0.05, 0.1) is 146 Å². The SMILES string of the molecule is CCc1cn(CC(CO)(Cn2cc(CC)nn2)Cn2cc(Cc3cn(CC(CO)(Cn4cc(CC)nn4)Cn4cc(Cc5cn(CC(CO)(Cn6cc(CC)nn6)Cn6cc(CC)nn6)nn5)nn4)nn3)nn2)nn1. The van der Waals surface area contributed by atoms with Gasteiger partial charge in [0.2, 0.25) is 0 Å². The topological polar surface area (TPSA) is 337 Å². The molecule has 75 heavy (non-hydrogen) atoms. The molecule has 0 saturated heterocycles. The molecular weight excluding hydrogens is 967 g/mol. The van der Waals surface area contributed by atoms with Gasteiger partial charge in [-0.15, -0.1) is 45.9 Å². The van der Waals surface area contributed by atoms with Crippen molar-refractivity contribution in [2.24, 2.45) is 16.2 Å². The third kappa shape index (κ3) is 12.9. The fourth-order valence-corrected chi connectivity index (χ4v) is 9.24. The van der Waals surface area contributed by atoms with Crippen LogP contribution in [0.3, 0.4) is 0 Å². The van der Waals surface area contributed by atoms with E-state index in [-0.39, 0.29) is 39.5 Å². The molecule has 0 radical (unpaired) electrons. The molecule has 9 aromatic heterocycles. The van der Waals surface area contributed by atoms with Gasteiger partial charge >= 0.3 is 0 Å². The van der Waals surface area contributed by atoms with Gasteiger partial charge in [-0.2, -0.15) is 0 Å². The number of aliphatic hydroxyl groups excluding tert-OH is 3. The first-order chi connectivity index (χ1) is 36.4. The minimum atomic E-state index is -0.893. The van der Waals surface area contributed by atoms with Gasteiger partial charge < -0.3 is 15.3 Å². The monoisotopic (exact) mass is 1030 g/mol. The summed E-state index contributed by atoms with van der Waals surface area (Å²) in [6.07, 6.45) is 21.1. The number of aliphatic hydroxyl groups is 3. The first-order valence-electron chi connectivity index (χ1n) is 25.3. The normalized spacial score (nSPS) is 12.5. The van der Waals surface area contributed by atoms with E-state index in [2.05, 4.69) is 92.8 Å². The molecule has 30 heteroatoms. The molecule has 0 aliphatic carbocycles. The Kier molecular flexibility index (Phi) is 16.0. The Morgan fingerprint density at radius 2 is 0.413 bits per heavy atom. The van der Waals surface area contributed by atoms with Gasteiger partial charge in [-0.05, 0) is 32.1 Å².